The third-order valence-electron chi connectivity index (χ3n) is 4.71. The minimum Gasteiger partial charge on any atom is -0.497 e. The average molecular weight is 435 g/mol. The molecule has 0 saturated carbocycles. The zero-order chi connectivity index (χ0) is 22.3. The van der Waals surface area contributed by atoms with Crippen LogP contribution in [0.5, 0.6) is 11.5 Å². The monoisotopic (exact) mass is 434 g/mol. The Labute approximate surface area is 179 Å². The molecule has 164 valence electrons. The van der Waals surface area contributed by atoms with Gasteiger partial charge in [-0.25, -0.2) is 8.42 Å². The van der Waals surface area contributed by atoms with Gasteiger partial charge in [-0.1, -0.05) is 19.1 Å². The van der Waals surface area contributed by atoms with Gasteiger partial charge >= 0.3 is 0 Å². The molecule has 1 N–H and O–H groups in total. The molecule has 2 aromatic rings. The standard InChI is InChI=1S/C22H30N2O5S/c1-6-21(22(25)23-16(3)17-8-12-19(28-4)13-9-17)24(30(5,26)27)18-10-14-20(15-11-18)29-7-2/h8-16,21H,6-7H2,1-5H3,(H,23,25). The Morgan fingerprint density at radius 2 is 1.60 bits per heavy atom. The Balaban J connectivity index is 2.26. The van der Waals surface area contributed by atoms with E-state index in [9.17, 15) is 13.2 Å². The van der Waals surface area contributed by atoms with Gasteiger partial charge in [0.2, 0.25) is 15.9 Å². The number of carbonyl (C=O) groups is 1. The summed E-state index contributed by atoms with van der Waals surface area (Å²) in [6.45, 7) is 6.03. The molecule has 2 unspecified atom stereocenters. The van der Waals surface area contributed by atoms with E-state index in [1.807, 2.05) is 38.1 Å². The highest BCUT2D eigenvalue weighted by Crippen LogP contribution is 2.26. The zero-order valence-corrected chi connectivity index (χ0v) is 18.9. The van der Waals surface area contributed by atoms with Crippen LogP contribution in [0.3, 0.4) is 0 Å². The smallest absolute Gasteiger partial charge is 0.244 e. The van der Waals surface area contributed by atoms with Gasteiger partial charge in [-0.05, 0) is 62.2 Å². The van der Waals surface area contributed by atoms with E-state index in [0.717, 1.165) is 17.6 Å². The van der Waals surface area contributed by atoms with E-state index in [2.05, 4.69) is 5.32 Å². The number of carbonyl (C=O) groups excluding carboxylic acids is 1. The molecule has 30 heavy (non-hydrogen) atoms. The number of anilines is 1. The van der Waals surface area contributed by atoms with E-state index in [4.69, 9.17) is 9.47 Å². The second-order valence-electron chi connectivity index (χ2n) is 6.91. The molecule has 2 atom stereocenters. The van der Waals surface area contributed by atoms with Crippen molar-refractivity contribution in [3.63, 3.8) is 0 Å². The molecule has 0 bridgehead atoms. The van der Waals surface area contributed by atoms with Crippen LogP contribution in [0.1, 0.15) is 38.8 Å². The van der Waals surface area contributed by atoms with Gasteiger partial charge in [0, 0.05) is 0 Å². The van der Waals surface area contributed by atoms with Gasteiger partial charge in [-0.2, -0.15) is 0 Å². The lowest BCUT2D eigenvalue weighted by Gasteiger charge is -2.31. The van der Waals surface area contributed by atoms with E-state index in [1.54, 1.807) is 38.3 Å². The molecule has 2 rings (SSSR count). The maximum Gasteiger partial charge on any atom is 0.244 e. The van der Waals surface area contributed by atoms with Gasteiger partial charge in [0.25, 0.3) is 0 Å². The summed E-state index contributed by atoms with van der Waals surface area (Å²) in [4.78, 5) is 13.0. The highest BCUT2D eigenvalue weighted by atomic mass is 32.2. The quantitative estimate of drug-likeness (QED) is 0.618. The largest absolute Gasteiger partial charge is 0.497 e. The van der Waals surface area contributed by atoms with Gasteiger partial charge < -0.3 is 14.8 Å². The first kappa shape index (κ1) is 23.5. The van der Waals surface area contributed by atoms with Crippen LogP contribution in [0.15, 0.2) is 48.5 Å². The van der Waals surface area contributed by atoms with Gasteiger partial charge in [0.05, 0.1) is 31.7 Å². The van der Waals surface area contributed by atoms with Gasteiger partial charge in [-0.3, -0.25) is 9.10 Å². The van der Waals surface area contributed by atoms with Gasteiger partial charge in [-0.15, -0.1) is 0 Å². The van der Waals surface area contributed by atoms with Crippen LogP contribution >= 0.6 is 0 Å². The topological polar surface area (TPSA) is 84.9 Å². The number of rotatable bonds is 10. The van der Waals surface area contributed by atoms with Crippen molar-refractivity contribution in [2.45, 2.75) is 39.3 Å². The molecule has 0 aromatic heterocycles. The molecule has 1 amide bonds. The van der Waals surface area contributed by atoms with Crippen molar-refractivity contribution >= 4 is 21.6 Å². The highest BCUT2D eigenvalue weighted by molar-refractivity contribution is 7.92. The first-order chi connectivity index (χ1) is 14.2. The molecule has 2 aromatic carbocycles. The molecule has 0 spiro atoms. The number of benzene rings is 2. The van der Waals surface area contributed by atoms with Crippen LogP contribution in [0.25, 0.3) is 0 Å². The van der Waals surface area contributed by atoms with Crippen LogP contribution in [0.2, 0.25) is 0 Å². The normalized spacial score (nSPS) is 13.2. The fraction of sp³-hybridized carbons (Fsp3) is 0.409. The van der Waals surface area contributed by atoms with Crippen molar-refractivity contribution in [3.05, 3.63) is 54.1 Å². The predicted octanol–water partition coefficient (Wildman–Crippen LogP) is 3.52. The number of nitrogens with one attached hydrogen (secondary N) is 1. The summed E-state index contributed by atoms with van der Waals surface area (Å²) in [6.07, 6.45) is 1.42. The molecule has 0 radical (unpaired) electrons. The lowest BCUT2D eigenvalue weighted by Crippen LogP contribution is -2.49. The van der Waals surface area contributed by atoms with Crippen molar-refractivity contribution in [1.82, 2.24) is 5.32 Å². The van der Waals surface area contributed by atoms with Crippen LogP contribution in [0.4, 0.5) is 5.69 Å². The number of ether oxygens (including phenoxy) is 2. The number of hydrogen-bond acceptors (Lipinski definition) is 5. The van der Waals surface area contributed by atoms with E-state index in [1.165, 1.54) is 4.31 Å². The van der Waals surface area contributed by atoms with Gasteiger partial charge in [0.1, 0.15) is 17.5 Å². The minimum absolute atomic E-state index is 0.292. The summed E-state index contributed by atoms with van der Waals surface area (Å²) in [5, 5.41) is 2.93. The molecule has 0 aliphatic rings. The molecular weight excluding hydrogens is 404 g/mol. The average Bonchev–Trinajstić information content (AvgIpc) is 2.72. The summed E-state index contributed by atoms with van der Waals surface area (Å²) >= 11 is 0. The zero-order valence-electron chi connectivity index (χ0n) is 18.1. The summed E-state index contributed by atoms with van der Waals surface area (Å²) in [5.41, 5.74) is 1.31. The number of methoxy groups -OCH3 is 1. The summed E-state index contributed by atoms with van der Waals surface area (Å²) in [5.74, 6) is 1.00. The van der Waals surface area contributed by atoms with Crippen molar-refractivity contribution in [3.8, 4) is 11.5 Å². The van der Waals surface area contributed by atoms with Crippen molar-refractivity contribution < 1.29 is 22.7 Å². The number of hydrogen-bond donors (Lipinski definition) is 1. The lowest BCUT2D eigenvalue weighted by molar-refractivity contribution is -0.122. The molecule has 0 aliphatic carbocycles. The van der Waals surface area contributed by atoms with Crippen molar-refractivity contribution in [2.75, 3.05) is 24.3 Å². The Kier molecular flexibility index (Phi) is 8.11. The molecule has 7 nitrogen and oxygen atoms in total. The van der Waals surface area contributed by atoms with E-state index >= 15 is 0 Å². The maximum absolute atomic E-state index is 13.0. The first-order valence-corrected chi connectivity index (χ1v) is 11.7. The van der Waals surface area contributed by atoms with E-state index in [0.29, 0.717) is 24.5 Å². The summed E-state index contributed by atoms with van der Waals surface area (Å²) in [7, 11) is -2.10. The number of amides is 1. The lowest BCUT2D eigenvalue weighted by atomic mass is 10.1. The molecule has 0 aliphatic heterocycles. The van der Waals surface area contributed by atoms with E-state index in [-0.39, 0.29) is 11.9 Å². The fourth-order valence-electron chi connectivity index (χ4n) is 3.20. The van der Waals surface area contributed by atoms with Crippen LogP contribution < -0.4 is 19.1 Å². The predicted molar refractivity (Wildman–Crippen MR) is 119 cm³/mol. The van der Waals surface area contributed by atoms with Crippen molar-refractivity contribution in [1.29, 1.82) is 0 Å². The third-order valence-corrected chi connectivity index (χ3v) is 5.89. The third kappa shape index (κ3) is 5.89. The SMILES string of the molecule is CCOc1ccc(N(C(CC)C(=O)NC(C)c2ccc(OC)cc2)S(C)(=O)=O)cc1. The maximum atomic E-state index is 13.0. The van der Waals surface area contributed by atoms with Crippen LogP contribution in [-0.4, -0.2) is 40.3 Å². The Morgan fingerprint density at radius 3 is 2.07 bits per heavy atom. The van der Waals surface area contributed by atoms with Gasteiger partial charge in [0.15, 0.2) is 0 Å². The molecule has 0 saturated heterocycles. The Hall–Kier alpha value is -2.74. The fourth-order valence-corrected chi connectivity index (χ4v) is 4.41. The molecule has 8 heteroatoms. The van der Waals surface area contributed by atoms with E-state index < -0.39 is 16.1 Å². The summed E-state index contributed by atoms with van der Waals surface area (Å²) in [6, 6.07) is 12.9. The van der Waals surface area contributed by atoms with Crippen LogP contribution in [0, 0.1) is 0 Å². The molecular formula is C22H30N2O5S. The second-order valence-corrected chi connectivity index (χ2v) is 8.77. The summed E-state index contributed by atoms with van der Waals surface area (Å²) < 4.78 is 36.9. The van der Waals surface area contributed by atoms with Crippen LogP contribution in [-0.2, 0) is 14.8 Å². The second kappa shape index (κ2) is 10.3. The highest BCUT2D eigenvalue weighted by Gasteiger charge is 2.32. The number of sulfonamides is 1. The molecule has 0 heterocycles. The Bertz CT molecular complexity index is 927. The van der Waals surface area contributed by atoms with Crippen molar-refractivity contribution in [2.24, 2.45) is 0 Å². The number of nitrogens with zero attached hydrogens (tertiary/aromatic N) is 1. The first-order valence-electron chi connectivity index (χ1n) is 9.87. The Morgan fingerprint density at radius 1 is 1.03 bits per heavy atom. The minimum atomic E-state index is -3.69. The molecule has 0 fully saturated rings.